The van der Waals surface area contributed by atoms with Crippen LogP contribution in [0.15, 0.2) is 60.7 Å². The van der Waals surface area contributed by atoms with Crippen molar-refractivity contribution < 1.29 is 0 Å². The second-order valence-corrected chi connectivity index (χ2v) is 6.36. The average Bonchev–Trinajstić information content (AvgIpc) is 2.97. The second-order valence-electron chi connectivity index (χ2n) is 6.36. The second kappa shape index (κ2) is 5.21. The van der Waals surface area contributed by atoms with Crippen LogP contribution in [0.1, 0.15) is 26.3 Å². The molecule has 0 bridgehead atoms. The first-order valence-electron chi connectivity index (χ1n) is 7.26. The van der Waals surface area contributed by atoms with Gasteiger partial charge in [0.25, 0.3) is 0 Å². The Kier molecular flexibility index (Phi) is 3.38. The van der Waals surface area contributed by atoms with Gasteiger partial charge in [0, 0.05) is 5.56 Å². The van der Waals surface area contributed by atoms with Crippen LogP contribution in [-0.4, -0.2) is 10.2 Å². The zero-order chi connectivity index (χ0) is 14.9. The molecule has 0 aliphatic rings. The van der Waals surface area contributed by atoms with E-state index < -0.39 is 0 Å². The Hall–Kier alpha value is -2.35. The number of aromatic amines is 1. The van der Waals surface area contributed by atoms with E-state index in [-0.39, 0.29) is 5.41 Å². The smallest absolute Gasteiger partial charge is 0.0927 e. The van der Waals surface area contributed by atoms with E-state index in [0.29, 0.717) is 0 Å². The molecule has 3 rings (SSSR count). The van der Waals surface area contributed by atoms with Crippen LogP contribution >= 0.6 is 0 Å². The van der Waals surface area contributed by atoms with E-state index in [9.17, 15) is 0 Å². The largest absolute Gasteiger partial charge is 0.277 e. The van der Waals surface area contributed by atoms with Crippen molar-refractivity contribution >= 4 is 0 Å². The number of benzene rings is 2. The van der Waals surface area contributed by atoms with Crippen molar-refractivity contribution in [2.45, 2.75) is 26.2 Å². The summed E-state index contributed by atoms with van der Waals surface area (Å²) in [7, 11) is 0. The SMILES string of the molecule is CC(C)(C)c1cccc(-c2cc(-c3ccccc3)[nH]n2)c1. The summed E-state index contributed by atoms with van der Waals surface area (Å²) in [6, 6.07) is 21.0. The summed E-state index contributed by atoms with van der Waals surface area (Å²) < 4.78 is 0. The Morgan fingerprint density at radius 2 is 1.52 bits per heavy atom. The first kappa shape index (κ1) is 13.6. The highest BCUT2D eigenvalue weighted by atomic mass is 15.1. The maximum atomic E-state index is 4.46. The first-order chi connectivity index (χ1) is 10.0. The third-order valence-corrected chi connectivity index (χ3v) is 3.69. The van der Waals surface area contributed by atoms with Crippen LogP contribution in [0.3, 0.4) is 0 Å². The maximum Gasteiger partial charge on any atom is 0.0927 e. The van der Waals surface area contributed by atoms with Gasteiger partial charge < -0.3 is 0 Å². The highest BCUT2D eigenvalue weighted by Gasteiger charge is 2.14. The molecular weight excluding hydrogens is 256 g/mol. The van der Waals surface area contributed by atoms with Crippen LogP contribution in [0.5, 0.6) is 0 Å². The molecule has 2 nitrogen and oxygen atoms in total. The van der Waals surface area contributed by atoms with Gasteiger partial charge in [-0.1, -0.05) is 69.3 Å². The fourth-order valence-corrected chi connectivity index (χ4v) is 2.38. The molecule has 0 amide bonds. The van der Waals surface area contributed by atoms with Gasteiger partial charge in [-0.05, 0) is 28.7 Å². The van der Waals surface area contributed by atoms with Gasteiger partial charge in [0.1, 0.15) is 0 Å². The molecule has 2 aromatic carbocycles. The molecule has 3 aromatic rings. The topological polar surface area (TPSA) is 28.7 Å². The van der Waals surface area contributed by atoms with Crippen molar-refractivity contribution in [3.05, 3.63) is 66.2 Å². The van der Waals surface area contributed by atoms with Crippen molar-refractivity contribution in [2.75, 3.05) is 0 Å². The molecule has 1 aromatic heterocycles. The minimum atomic E-state index is 0.147. The van der Waals surface area contributed by atoms with E-state index in [1.165, 1.54) is 5.56 Å². The van der Waals surface area contributed by atoms with Gasteiger partial charge >= 0.3 is 0 Å². The van der Waals surface area contributed by atoms with Crippen LogP contribution in [0.4, 0.5) is 0 Å². The van der Waals surface area contributed by atoms with Crippen LogP contribution in [0.25, 0.3) is 22.5 Å². The van der Waals surface area contributed by atoms with Crippen molar-refractivity contribution in [1.82, 2.24) is 10.2 Å². The van der Waals surface area contributed by atoms with E-state index in [4.69, 9.17) is 0 Å². The lowest BCUT2D eigenvalue weighted by molar-refractivity contribution is 0.590. The fourth-order valence-electron chi connectivity index (χ4n) is 2.38. The van der Waals surface area contributed by atoms with Crippen molar-refractivity contribution in [1.29, 1.82) is 0 Å². The van der Waals surface area contributed by atoms with E-state index >= 15 is 0 Å². The van der Waals surface area contributed by atoms with E-state index in [2.05, 4.69) is 73.4 Å². The number of hydrogen-bond donors (Lipinski definition) is 1. The lowest BCUT2D eigenvalue weighted by Crippen LogP contribution is -2.10. The number of nitrogens with zero attached hydrogens (tertiary/aromatic N) is 1. The monoisotopic (exact) mass is 276 g/mol. The van der Waals surface area contributed by atoms with Gasteiger partial charge in [-0.3, -0.25) is 5.10 Å². The molecule has 0 fully saturated rings. The van der Waals surface area contributed by atoms with E-state index in [1.54, 1.807) is 0 Å². The molecule has 0 atom stereocenters. The van der Waals surface area contributed by atoms with Crippen molar-refractivity contribution in [2.24, 2.45) is 0 Å². The highest BCUT2D eigenvalue weighted by Crippen LogP contribution is 2.28. The first-order valence-corrected chi connectivity index (χ1v) is 7.26. The lowest BCUT2D eigenvalue weighted by Gasteiger charge is -2.19. The molecule has 1 heterocycles. The van der Waals surface area contributed by atoms with Gasteiger partial charge in [0.05, 0.1) is 11.4 Å². The summed E-state index contributed by atoms with van der Waals surface area (Å²) in [4.78, 5) is 0. The number of aromatic nitrogens is 2. The average molecular weight is 276 g/mol. The van der Waals surface area contributed by atoms with E-state index in [0.717, 1.165) is 22.5 Å². The number of H-pyrrole nitrogens is 1. The summed E-state index contributed by atoms with van der Waals surface area (Å²) in [5, 5.41) is 7.59. The predicted molar refractivity (Wildman–Crippen MR) is 88.2 cm³/mol. The molecule has 21 heavy (non-hydrogen) atoms. The zero-order valence-corrected chi connectivity index (χ0v) is 12.7. The maximum absolute atomic E-state index is 4.46. The minimum Gasteiger partial charge on any atom is -0.277 e. The molecule has 0 radical (unpaired) electrons. The van der Waals surface area contributed by atoms with Crippen LogP contribution in [0, 0.1) is 0 Å². The molecule has 0 spiro atoms. The van der Waals surface area contributed by atoms with Crippen molar-refractivity contribution in [3.8, 4) is 22.5 Å². The van der Waals surface area contributed by atoms with Crippen molar-refractivity contribution in [3.63, 3.8) is 0 Å². The van der Waals surface area contributed by atoms with Crippen LogP contribution in [0.2, 0.25) is 0 Å². The molecule has 0 aliphatic heterocycles. The van der Waals surface area contributed by atoms with E-state index in [1.807, 2.05) is 18.2 Å². The summed E-state index contributed by atoms with van der Waals surface area (Å²) in [5.41, 5.74) is 5.81. The molecule has 0 unspecified atom stereocenters. The summed E-state index contributed by atoms with van der Waals surface area (Å²) in [6.45, 7) is 6.68. The van der Waals surface area contributed by atoms with Crippen LogP contribution < -0.4 is 0 Å². The molecule has 0 saturated carbocycles. The number of hydrogen-bond acceptors (Lipinski definition) is 1. The Labute approximate surface area is 125 Å². The standard InChI is InChI=1S/C19H20N2/c1-19(2,3)16-11-7-10-15(12-16)18-13-17(20-21-18)14-8-5-4-6-9-14/h4-13H,1-3H3,(H,20,21). The zero-order valence-electron chi connectivity index (χ0n) is 12.7. The molecule has 0 saturated heterocycles. The minimum absolute atomic E-state index is 0.147. The summed E-state index contributed by atoms with van der Waals surface area (Å²) >= 11 is 0. The van der Waals surface area contributed by atoms with Gasteiger partial charge in [-0.2, -0.15) is 5.10 Å². The molecule has 2 heteroatoms. The molecule has 0 aliphatic carbocycles. The lowest BCUT2D eigenvalue weighted by atomic mass is 9.86. The Bertz CT molecular complexity index is 734. The normalized spacial score (nSPS) is 11.6. The molecule has 106 valence electrons. The highest BCUT2D eigenvalue weighted by molar-refractivity contribution is 5.68. The molecule has 1 N–H and O–H groups in total. The predicted octanol–water partition coefficient (Wildman–Crippen LogP) is 5.04. The summed E-state index contributed by atoms with van der Waals surface area (Å²) in [5.74, 6) is 0. The Morgan fingerprint density at radius 1 is 0.810 bits per heavy atom. The van der Waals surface area contributed by atoms with Gasteiger partial charge in [-0.15, -0.1) is 0 Å². The van der Waals surface area contributed by atoms with Gasteiger partial charge in [-0.25, -0.2) is 0 Å². The Morgan fingerprint density at radius 3 is 2.24 bits per heavy atom. The number of nitrogens with one attached hydrogen (secondary N) is 1. The van der Waals surface area contributed by atoms with Gasteiger partial charge in [0.15, 0.2) is 0 Å². The third kappa shape index (κ3) is 2.89. The third-order valence-electron chi connectivity index (χ3n) is 3.69. The fraction of sp³-hybridized carbons (Fsp3) is 0.211. The summed E-state index contributed by atoms with van der Waals surface area (Å²) in [6.07, 6.45) is 0. The van der Waals surface area contributed by atoms with Gasteiger partial charge in [0.2, 0.25) is 0 Å². The Balaban J connectivity index is 1.97. The molecular formula is C19H20N2. The quantitative estimate of drug-likeness (QED) is 0.697. The number of rotatable bonds is 2. The van der Waals surface area contributed by atoms with Crippen LogP contribution in [-0.2, 0) is 5.41 Å².